The summed E-state index contributed by atoms with van der Waals surface area (Å²) in [5.74, 6) is 0.881. The van der Waals surface area contributed by atoms with Crippen molar-refractivity contribution in [3.8, 4) is 0 Å². The van der Waals surface area contributed by atoms with Crippen molar-refractivity contribution in [3.63, 3.8) is 0 Å². The smallest absolute Gasteiger partial charge is 0.224 e. The van der Waals surface area contributed by atoms with Gasteiger partial charge >= 0.3 is 0 Å². The van der Waals surface area contributed by atoms with E-state index in [1.807, 2.05) is 0 Å². The van der Waals surface area contributed by atoms with Crippen LogP contribution < -0.4 is 5.32 Å². The Balaban J connectivity index is 1.63. The second-order valence-electron chi connectivity index (χ2n) is 8.91. The summed E-state index contributed by atoms with van der Waals surface area (Å²) in [7, 11) is 2.15. The number of aryl methyl sites for hydroxylation is 1. The van der Waals surface area contributed by atoms with Crippen LogP contribution >= 0.6 is 11.8 Å². The molecule has 3 heterocycles. The molecule has 4 nitrogen and oxygen atoms in total. The van der Waals surface area contributed by atoms with Crippen LogP contribution in [0, 0.1) is 24.2 Å². The molecule has 0 bridgehead atoms. The molecule has 0 radical (unpaired) electrons. The number of pyridine rings is 1. The molecule has 1 amide bonds. The van der Waals surface area contributed by atoms with E-state index < -0.39 is 5.54 Å². The van der Waals surface area contributed by atoms with Gasteiger partial charge in [0, 0.05) is 35.8 Å². The number of carbonyl (C=O) groups is 1. The lowest BCUT2D eigenvalue weighted by Gasteiger charge is -2.28. The van der Waals surface area contributed by atoms with Crippen molar-refractivity contribution in [2.75, 3.05) is 26.4 Å². The second kappa shape index (κ2) is 5.77. The normalized spacial score (nSPS) is 28.4. The fourth-order valence-electron chi connectivity index (χ4n) is 5.13. The molecule has 1 aliphatic carbocycles. The first kappa shape index (κ1) is 17.9. The molecule has 2 fully saturated rings. The Morgan fingerprint density at radius 2 is 2.15 bits per heavy atom. The summed E-state index contributed by atoms with van der Waals surface area (Å²) < 4.78 is 2.24. The van der Waals surface area contributed by atoms with Gasteiger partial charge in [-0.05, 0) is 63.1 Å². The first-order valence-corrected chi connectivity index (χ1v) is 10.6. The van der Waals surface area contributed by atoms with Crippen molar-refractivity contribution in [2.24, 2.45) is 17.3 Å². The van der Waals surface area contributed by atoms with Crippen molar-refractivity contribution in [1.29, 1.82) is 0 Å². The maximum Gasteiger partial charge on any atom is 0.224 e. The maximum absolute atomic E-state index is 13.1. The summed E-state index contributed by atoms with van der Waals surface area (Å²) in [6.45, 7) is 10.7. The molecule has 140 valence electrons. The molecular formula is C21H29N3OS. The van der Waals surface area contributed by atoms with Gasteiger partial charge in [-0.25, -0.2) is 0 Å². The van der Waals surface area contributed by atoms with E-state index in [1.54, 1.807) is 11.8 Å². The molecule has 2 aromatic rings. The number of nitrogens with zero attached hydrogens (tertiary/aromatic N) is 2. The van der Waals surface area contributed by atoms with Crippen LogP contribution in [0.3, 0.4) is 0 Å². The van der Waals surface area contributed by atoms with E-state index in [0.717, 1.165) is 18.8 Å². The standard InChI is InChI=1S/C21H29N3OS/c1-13-8-7-9-24-16(10-15(26-6)18(13)24)20(2,3)22-19(25)17-14-11-23(5)12-21(14,17)4/h7-10,14,17H,11-12H2,1-6H3,(H,22,25)/t14-,17+,21-/m1/s1. The van der Waals surface area contributed by atoms with Gasteiger partial charge in [0.2, 0.25) is 5.91 Å². The van der Waals surface area contributed by atoms with Gasteiger partial charge < -0.3 is 14.6 Å². The van der Waals surface area contributed by atoms with Gasteiger partial charge in [0.25, 0.3) is 0 Å². The van der Waals surface area contributed by atoms with Gasteiger partial charge in [-0.2, -0.15) is 0 Å². The summed E-state index contributed by atoms with van der Waals surface area (Å²) >= 11 is 1.76. The number of thioether (sulfide) groups is 1. The van der Waals surface area contributed by atoms with E-state index in [4.69, 9.17) is 0 Å². The Morgan fingerprint density at radius 1 is 1.42 bits per heavy atom. The third-order valence-corrected chi connectivity index (χ3v) is 7.26. The third kappa shape index (κ3) is 2.51. The van der Waals surface area contributed by atoms with Crippen LogP contribution in [0.5, 0.6) is 0 Å². The summed E-state index contributed by atoms with van der Waals surface area (Å²) in [6.07, 6.45) is 4.22. The molecule has 1 saturated heterocycles. The van der Waals surface area contributed by atoms with E-state index in [0.29, 0.717) is 5.92 Å². The molecule has 0 spiro atoms. The summed E-state index contributed by atoms with van der Waals surface area (Å²) in [5, 5.41) is 3.36. The molecule has 1 saturated carbocycles. The Morgan fingerprint density at radius 3 is 2.77 bits per heavy atom. The number of piperidine rings is 1. The molecule has 26 heavy (non-hydrogen) atoms. The first-order valence-electron chi connectivity index (χ1n) is 9.35. The number of hydrogen-bond donors (Lipinski definition) is 1. The van der Waals surface area contributed by atoms with Crippen molar-refractivity contribution in [3.05, 3.63) is 35.7 Å². The van der Waals surface area contributed by atoms with E-state index in [9.17, 15) is 4.79 Å². The van der Waals surface area contributed by atoms with Crippen molar-refractivity contribution >= 4 is 23.2 Å². The van der Waals surface area contributed by atoms with E-state index in [2.05, 4.69) is 80.0 Å². The Kier molecular flexibility index (Phi) is 3.98. The predicted octanol–water partition coefficient (Wildman–Crippen LogP) is 3.52. The number of amides is 1. The molecule has 4 rings (SSSR count). The minimum absolute atomic E-state index is 0.158. The quantitative estimate of drug-likeness (QED) is 0.836. The lowest BCUT2D eigenvalue weighted by molar-refractivity contribution is -0.125. The minimum atomic E-state index is -0.416. The average Bonchev–Trinajstić information content (AvgIpc) is 2.84. The Labute approximate surface area is 160 Å². The van der Waals surface area contributed by atoms with Crippen LogP contribution in [-0.2, 0) is 10.3 Å². The summed E-state index contributed by atoms with van der Waals surface area (Å²) in [6, 6.07) is 6.46. The van der Waals surface area contributed by atoms with Gasteiger partial charge in [0.15, 0.2) is 0 Å². The molecule has 2 aromatic heterocycles. The number of carbonyl (C=O) groups excluding carboxylic acids is 1. The molecule has 1 aliphatic heterocycles. The van der Waals surface area contributed by atoms with Gasteiger partial charge in [0.1, 0.15) is 0 Å². The highest BCUT2D eigenvalue weighted by atomic mass is 32.2. The van der Waals surface area contributed by atoms with Gasteiger partial charge in [-0.3, -0.25) is 4.79 Å². The van der Waals surface area contributed by atoms with E-state index >= 15 is 0 Å². The van der Waals surface area contributed by atoms with Crippen molar-refractivity contribution < 1.29 is 4.79 Å². The number of hydrogen-bond acceptors (Lipinski definition) is 3. The summed E-state index contributed by atoms with van der Waals surface area (Å²) in [4.78, 5) is 16.7. The van der Waals surface area contributed by atoms with Crippen LogP contribution in [0.25, 0.3) is 5.52 Å². The predicted molar refractivity (Wildman–Crippen MR) is 108 cm³/mol. The second-order valence-corrected chi connectivity index (χ2v) is 9.76. The van der Waals surface area contributed by atoms with Crippen LogP contribution in [0.15, 0.2) is 29.3 Å². The molecule has 3 atom stereocenters. The molecule has 0 unspecified atom stereocenters. The number of rotatable bonds is 4. The van der Waals surface area contributed by atoms with E-state index in [1.165, 1.54) is 16.0 Å². The molecule has 5 heteroatoms. The lowest BCUT2D eigenvalue weighted by atomic mass is 9.99. The maximum atomic E-state index is 13.1. The highest BCUT2D eigenvalue weighted by molar-refractivity contribution is 7.98. The first-order chi connectivity index (χ1) is 12.2. The van der Waals surface area contributed by atoms with Crippen LogP contribution in [-0.4, -0.2) is 41.6 Å². The number of nitrogens with one attached hydrogen (secondary N) is 1. The zero-order chi connectivity index (χ0) is 18.9. The van der Waals surface area contributed by atoms with Crippen molar-refractivity contribution in [1.82, 2.24) is 14.6 Å². The van der Waals surface area contributed by atoms with Crippen molar-refractivity contribution in [2.45, 2.75) is 38.1 Å². The molecule has 0 aromatic carbocycles. The zero-order valence-electron chi connectivity index (χ0n) is 16.6. The zero-order valence-corrected chi connectivity index (χ0v) is 17.4. The SMILES string of the molecule is CSc1cc(C(C)(C)NC(=O)[C@@H]2[C@H]3CN(C)C[C@]32C)n2cccc(C)c12. The van der Waals surface area contributed by atoms with E-state index in [-0.39, 0.29) is 17.2 Å². The topological polar surface area (TPSA) is 36.8 Å². The molecular weight excluding hydrogens is 342 g/mol. The van der Waals surface area contributed by atoms with Gasteiger partial charge in [-0.1, -0.05) is 13.0 Å². The van der Waals surface area contributed by atoms with Crippen LogP contribution in [0.1, 0.15) is 32.0 Å². The highest BCUT2D eigenvalue weighted by Crippen LogP contribution is 2.62. The largest absolute Gasteiger partial charge is 0.345 e. The number of likely N-dealkylation sites (tertiary alicyclic amines) is 1. The highest BCUT2D eigenvalue weighted by Gasteiger charge is 2.68. The Hall–Kier alpha value is -1.46. The van der Waals surface area contributed by atoms with Gasteiger partial charge in [-0.15, -0.1) is 11.8 Å². The molecule has 1 N–H and O–H groups in total. The van der Waals surface area contributed by atoms with Crippen LogP contribution in [0.2, 0.25) is 0 Å². The Bertz CT molecular complexity index is 887. The van der Waals surface area contributed by atoms with Crippen LogP contribution in [0.4, 0.5) is 0 Å². The monoisotopic (exact) mass is 371 g/mol. The summed E-state index contributed by atoms with van der Waals surface area (Å²) in [5.41, 5.74) is 3.40. The third-order valence-electron chi connectivity index (χ3n) is 6.50. The molecule has 2 aliphatic rings. The fraction of sp³-hybridized carbons (Fsp3) is 0.571. The number of fused-ring (bicyclic) bond motifs is 2. The minimum Gasteiger partial charge on any atom is -0.345 e. The fourth-order valence-corrected chi connectivity index (χ4v) is 5.82. The average molecular weight is 372 g/mol. The lowest BCUT2D eigenvalue weighted by Crippen LogP contribution is -2.44. The van der Waals surface area contributed by atoms with Gasteiger partial charge in [0.05, 0.1) is 11.1 Å². The number of aromatic nitrogens is 1.